The molecule has 0 aromatic rings. The van der Waals surface area contributed by atoms with Gasteiger partial charge in [-0.15, -0.1) is 0 Å². The van der Waals surface area contributed by atoms with E-state index in [2.05, 4.69) is 45.1 Å². The number of ether oxygens (including phenoxy) is 3. The summed E-state index contributed by atoms with van der Waals surface area (Å²) < 4.78 is 16.7. The highest BCUT2D eigenvalue weighted by Crippen LogP contribution is 2.16. The van der Waals surface area contributed by atoms with Crippen LogP contribution in [0.2, 0.25) is 0 Å². The number of hydrogen-bond donors (Lipinski definition) is 0. The second-order valence-electron chi connectivity index (χ2n) is 18.5. The van der Waals surface area contributed by atoms with Gasteiger partial charge < -0.3 is 14.2 Å². The molecule has 0 fully saturated rings. The van der Waals surface area contributed by atoms with Gasteiger partial charge in [-0.05, 0) is 51.4 Å². The minimum Gasteiger partial charge on any atom is -0.462 e. The molecule has 0 aliphatic heterocycles. The Morgan fingerprint density at radius 3 is 0.887 bits per heavy atom. The molecule has 6 nitrogen and oxygen atoms in total. The zero-order chi connectivity index (χ0) is 45.1. The summed E-state index contributed by atoms with van der Waals surface area (Å²) in [5.41, 5.74) is 0. The van der Waals surface area contributed by atoms with E-state index in [-0.39, 0.29) is 31.1 Å². The molecule has 0 bridgehead atoms. The summed E-state index contributed by atoms with van der Waals surface area (Å²) in [6, 6.07) is 0. The maximum Gasteiger partial charge on any atom is 0.306 e. The maximum atomic E-state index is 12.8. The third-order valence-electron chi connectivity index (χ3n) is 12.2. The lowest BCUT2D eigenvalue weighted by Gasteiger charge is -2.18. The van der Waals surface area contributed by atoms with Crippen molar-refractivity contribution >= 4 is 17.9 Å². The Bertz CT molecular complexity index is 1000. The Morgan fingerprint density at radius 2 is 0.581 bits per heavy atom. The van der Waals surface area contributed by atoms with E-state index < -0.39 is 6.10 Å². The molecule has 0 heterocycles. The average Bonchev–Trinajstić information content (AvgIpc) is 3.27. The number of carbonyl (C=O) groups is 3. The number of carbonyl (C=O) groups excluding carboxylic acids is 3. The molecule has 0 saturated heterocycles. The Kier molecular flexibility index (Phi) is 49.8. The van der Waals surface area contributed by atoms with E-state index in [4.69, 9.17) is 14.2 Å². The van der Waals surface area contributed by atoms with E-state index in [9.17, 15) is 14.4 Å². The summed E-state index contributed by atoms with van der Waals surface area (Å²) in [4.78, 5) is 37.8. The monoisotopic (exact) mass is 873 g/mol. The summed E-state index contributed by atoms with van der Waals surface area (Å²) in [6.07, 6.45) is 59.1. The number of hydrogen-bond acceptors (Lipinski definition) is 6. The van der Waals surface area contributed by atoms with E-state index in [1.54, 1.807) is 0 Å². The van der Waals surface area contributed by atoms with Crippen molar-refractivity contribution in [2.24, 2.45) is 0 Å². The van der Waals surface area contributed by atoms with Crippen molar-refractivity contribution in [2.75, 3.05) is 13.2 Å². The van der Waals surface area contributed by atoms with Crippen molar-refractivity contribution in [3.8, 4) is 0 Å². The van der Waals surface area contributed by atoms with Crippen molar-refractivity contribution < 1.29 is 28.6 Å². The summed E-state index contributed by atoms with van der Waals surface area (Å²) in [7, 11) is 0. The van der Waals surface area contributed by atoms with E-state index in [0.29, 0.717) is 19.3 Å². The molecule has 0 N–H and O–H groups in total. The van der Waals surface area contributed by atoms with Crippen molar-refractivity contribution in [1.29, 1.82) is 0 Å². The fraction of sp³-hybridized carbons (Fsp3) is 0.875. The van der Waals surface area contributed by atoms with Gasteiger partial charge in [0, 0.05) is 19.3 Å². The Hall–Kier alpha value is -2.11. The first-order chi connectivity index (χ1) is 30.5. The van der Waals surface area contributed by atoms with Crippen LogP contribution in [0.15, 0.2) is 24.3 Å². The van der Waals surface area contributed by atoms with Gasteiger partial charge in [-0.3, -0.25) is 14.4 Å². The molecule has 0 aromatic carbocycles. The predicted octanol–water partition coefficient (Wildman–Crippen LogP) is 17.9. The van der Waals surface area contributed by atoms with Gasteiger partial charge in [0.2, 0.25) is 0 Å². The average molecular weight is 873 g/mol. The first-order valence-electron chi connectivity index (χ1n) is 27.3. The molecule has 6 heteroatoms. The fourth-order valence-electron chi connectivity index (χ4n) is 8.06. The van der Waals surface area contributed by atoms with Crippen molar-refractivity contribution in [1.82, 2.24) is 0 Å². The molecular weight excluding hydrogens is 769 g/mol. The number of esters is 3. The van der Waals surface area contributed by atoms with Crippen LogP contribution in [0.5, 0.6) is 0 Å². The van der Waals surface area contributed by atoms with E-state index >= 15 is 0 Å². The molecule has 364 valence electrons. The Morgan fingerprint density at radius 1 is 0.323 bits per heavy atom. The quantitative estimate of drug-likeness (QED) is 0.0262. The third kappa shape index (κ3) is 48.9. The Labute approximate surface area is 385 Å². The van der Waals surface area contributed by atoms with Gasteiger partial charge >= 0.3 is 17.9 Å². The lowest BCUT2D eigenvalue weighted by Crippen LogP contribution is -2.30. The molecule has 1 unspecified atom stereocenters. The summed E-state index contributed by atoms with van der Waals surface area (Å²) in [5.74, 6) is -0.864. The highest BCUT2D eigenvalue weighted by Gasteiger charge is 2.19. The zero-order valence-electron chi connectivity index (χ0n) is 41.7. The normalized spacial score (nSPS) is 12.1. The maximum absolute atomic E-state index is 12.8. The molecule has 0 saturated carbocycles. The van der Waals surface area contributed by atoms with E-state index in [1.807, 2.05) is 0 Å². The fourth-order valence-corrected chi connectivity index (χ4v) is 8.06. The van der Waals surface area contributed by atoms with Crippen LogP contribution in [0.4, 0.5) is 0 Å². The molecule has 1 atom stereocenters. The second kappa shape index (κ2) is 51.5. The van der Waals surface area contributed by atoms with Crippen LogP contribution in [0.25, 0.3) is 0 Å². The third-order valence-corrected chi connectivity index (χ3v) is 12.2. The molecule has 62 heavy (non-hydrogen) atoms. The Balaban J connectivity index is 4.11. The molecule has 0 spiro atoms. The lowest BCUT2D eigenvalue weighted by molar-refractivity contribution is -0.167. The molecule has 0 aliphatic carbocycles. The molecule has 0 aromatic heterocycles. The van der Waals surface area contributed by atoms with Gasteiger partial charge in [-0.2, -0.15) is 0 Å². The van der Waals surface area contributed by atoms with Crippen molar-refractivity contribution in [3.05, 3.63) is 24.3 Å². The highest BCUT2D eigenvalue weighted by atomic mass is 16.6. The van der Waals surface area contributed by atoms with Crippen LogP contribution < -0.4 is 0 Å². The predicted molar refractivity (Wildman–Crippen MR) is 266 cm³/mol. The van der Waals surface area contributed by atoms with Gasteiger partial charge in [0.1, 0.15) is 13.2 Å². The van der Waals surface area contributed by atoms with Gasteiger partial charge in [0.25, 0.3) is 0 Å². The first kappa shape index (κ1) is 59.9. The number of allylic oxidation sites excluding steroid dienone is 4. The minimum atomic E-state index is -0.764. The SMILES string of the molecule is CCCCCCC/C=C\C/C=C\CCCCCCCCCCCCCC(=O)OCC(COC(=O)CCCCCCCC)OC(=O)CCCCCCCCCCCCCCCCC. The van der Waals surface area contributed by atoms with Crippen LogP contribution in [-0.2, 0) is 28.6 Å². The van der Waals surface area contributed by atoms with E-state index in [1.165, 1.54) is 193 Å². The minimum absolute atomic E-state index is 0.0681. The summed E-state index contributed by atoms with van der Waals surface area (Å²) in [5, 5.41) is 0. The molecule has 0 radical (unpaired) electrons. The van der Waals surface area contributed by atoms with Gasteiger partial charge in [-0.25, -0.2) is 0 Å². The van der Waals surface area contributed by atoms with E-state index in [0.717, 1.165) is 64.2 Å². The largest absolute Gasteiger partial charge is 0.462 e. The second-order valence-corrected chi connectivity index (χ2v) is 18.5. The van der Waals surface area contributed by atoms with Gasteiger partial charge in [-0.1, -0.05) is 251 Å². The lowest BCUT2D eigenvalue weighted by atomic mass is 10.0. The van der Waals surface area contributed by atoms with Gasteiger partial charge in [0.15, 0.2) is 6.10 Å². The summed E-state index contributed by atoms with van der Waals surface area (Å²) in [6.45, 7) is 6.60. The van der Waals surface area contributed by atoms with Gasteiger partial charge in [0.05, 0.1) is 0 Å². The van der Waals surface area contributed by atoms with Crippen LogP contribution in [0.1, 0.15) is 297 Å². The van der Waals surface area contributed by atoms with Crippen molar-refractivity contribution in [2.45, 2.75) is 303 Å². The molecule has 0 aliphatic rings. The number of unbranched alkanes of at least 4 members (excludes halogenated alkanes) is 35. The van der Waals surface area contributed by atoms with Crippen LogP contribution in [0.3, 0.4) is 0 Å². The standard InChI is InChI=1S/C56H104O6/c1-4-7-10-13-16-18-20-22-24-25-26-27-28-29-30-31-33-34-36-38-40-43-46-49-55(58)61-52-53(51-60-54(57)48-45-42-15-12-9-6-3)62-56(59)50-47-44-41-39-37-35-32-23-21-19-17-14-11-8-5-2/h20,22,25-26,53H,4-19,21,23-24,27-52H2,1-3H3/b22-20-,26-25-. The van der Waals surface area contributed by atoms with Crippen LogP contribution >= 0.6 is 0 Å². The molecule has 0 amide bonds. The topological polar surface area (TPSA) is 78.9 Å². The summed E-state index contributed by atoms with van der Waals surface area (Å²) >= 11 is 0. The highest BCUT2D eigenvalue weighted by molar-refractivity contribution is 5.71. The molecular formula is C56H104O6. The number of rotatable bonds is 50. The molecule has 0 rings (SSSR count). The zero-order valence-corrected chi connectivity index (χ0v) is 41.7. The smallest absolute Gasteiger partial charge is 0.306 e. The first-order valence-corrected chi connectivity index (χ1v) is 27.3. The van der Waals surface area contributed by atoms with Crippen LogP contribution in [-0.4, -0.2) is 37.2 Å². The van der Waals surface area contributed by atoms with Crippen LogP contribution in [0, 0.1) is 0 Å². The van der Waals surface area contributed by atoms with Crippen molar-refractivity contribution in [3.63, 3.8) is 0 Å².